The van der Waals surface area contributed by atoms with E-state index in [4.69, 9.17) is 4.99 Å². The maximum Gasteiger partial charge on any atom is 0.233 e. The van der Waals surface area contributed by atoms with Gasteiger partial charge in [0.1, 0.15) is 0 Å². The molecular formula is C23H37N5O2. The second-order valence-electron chi connectivity index (χ2n) is 9.81. The van der Waals surface area contributed by atoms with Crippen LogP contribution < -0.4 is 10.6 Å². The second kappa shape index (κ2) is 8.69. The number of carbonyl (C=O) groups is 2. The average molecular weight is 416 g/mol. The summed E-state index contributed by atoms with van der Waals surface area (Å²) < 4.78 is 0. The van der Waals surface area contributed by atoms with Crippen molar-refractivity contribution in [1.29, 1.82) is 0 Å². The van der Waals surface area contributed by atoms with Crippen LogP contribution in [0.15, 0.2) is 17.1 Å². The lowest BCUT2D eigenvalue weighted by Crippen LogP contribution is -2.50. The van der Waals surface area contributed by atoms with Crippen LogP contribution >= 0.6 is 0 Å². The number of hydrogen-bond acceptors (Lipinski definition) is 4. The van der Waals surface area contributed by atoms with Gasteiger partial charge in [-0.3, -0.25) is 24.4 Å². The molecule has 3 fully saturated rings. The van der Waals surface area contributed by atoms with Crippen molar-refractivity contribution in [3.8, 4) is 0 Å². The van der Waals surface area contributed by atoms with E-state index in [1.54, 1.807) is 0 Å². The lowest BCUT2D eigenvalue weighted by Gasteiger charge is -2.40. The maximum absolute atomic E-state index is 12.8. The number of fused-ring (bicyclic) bond motifs is 5. The Kier molecular flexibility index (Phi) is 6.19. The van der Waals surface area contributed by atoms with Crippen molar-refractivity contribution in [2.45, 2.75) is 52.0 Å². The Bertz CT molecular complexity index is 695. The molecule has 4 aliphatic rings. The van der Waals surface area contributed by atoms with Crippen molar-refractivity contribution < 1.29 is 9.59 Å². The number of nitrogens with one attached hydrogen (secondary N) is 2. The number of imide groups is 1. The molecule has 166 valence electrons. The third-order valence-corrected chi connectivity index (χ3v) is 7.37. The van der Waals surface area contributed by atoms with Gasteiger partial charge < -0.3 is 10.6 Å². The van der Waals surface area contributed by atoms with Crippen molar-refractivity contribution in [2.24, 2.45) is 28.7 Å². The lowest BCUT2D eigenvalue weighted by molar-refractivity contribution is -0.140. The average Bonchev–Trinajstić information content (AvgIpc) is 3.42. The first-order chi connectivity index (χ1) is 14.4. The van der Waals surface area contributed by atoms with Crippen LogP contribution in [0, 0.1) is 23.7 Å². The van der Waals surface area contributed by atoms with Gasteiger partial charge in [0, 0.05) is 25.2 Å². The SMILES string of the molecule is CCNC(=NCC(C)(C)N1CCCCC1)NCCN1C(=O)C2C3C=CC(C3)C2C1=O. The Morgan fingerprint density at radius 1 is 1.07 bits per heavy atom. The molecule has 1 saturated carbocycles. The van der Waals surface area contributed by atoms with Crippen molar-refractivity contribution in [3.63, 3.8) is 0 Å². The summed E-state index contributed by atoms with van der Waals surface area (Å²) in [7, 11) is 0. The first-order valence-corrected chi connectivity index (χ1v) is 11.7. The molecule has 0 aromatic heterocycles. The highest BCUT2D eigenvalue weighted by Gasteiger charge is 2.58. The summed E-state index contributed by atoms with van der Waals surface area (Å²) in [6.45, 7) is 11.3. The fourth-order valence-corrected chi connectivity index (χ4v) is 5.68. The van der Waals surface area contributed by atoms with E-state index < -0.39 is 0 Å². The van der Waals surface area contributed by atoms with Gasteiger partial charge >= 0.3 is 0 Å². The smallest absolute Gasteiger partial charge is 0.233 e. The predicted octanol–water partition coefficient (Wildman–Crippen LogP) is 1.61. The zero-order valence-corrected chi connectivity index (χ0v) is 18.7. The molecule has 7 nitrogen and oxygen atoms in total. The summed E-state index contributed by atoms with van der Waals surface area (Å²) in [6, 6.07) is 0. The molecule has 2 saturated heterocycles. The van der Waals surface area contributed by atoms with Crippen LogP contribution in [-0.4, -0.2) is 72.4 Å². The zero-order valence-electron chi connectivity index (χ0n) is 18.7. The summed E-state index contributed by atoms with van der Waals surface area (Å²) in [5, 5.41) is 6.62. The molecule has 2 aliphatic heterocycles. The van der Waals surface area contributed by atoms with Crippen LogP contribution in [0.25, 0.3) is 0 Å². The first-order valence-electron chi connectivity index (χ1n) is 11.7. The van der Waals surface area contributed by atoms with Gasteiger partial charge in [-0.15, -0.1) is 0 Å². The summed E-state index contributed by atoms with van der Waals surface area (Å²) >= 11 is 0. The van der Waals surface area contributed by atoms with Gasteiger partial charge in [-0.1, -0.05) is 18.6 Å². The second-order valence-corrected chi connectivity index (χ2v) is 9.81. The number of guanidine groups is 1. The molecule has 4 unspecified atom stereocenters. The summed E-state index contributed by atoms with van der Waals surface area (Å²) in [5.41, 5.74) is 0.0212. The number of amides is 2. The summed E-state index contributed by atoms with van der Waals surface area (Å²) in [4.78, 5) is 34.5. The molecule has 0 spiro atoms. The number of nitrogens with zero attached hydrogens (tertiary/aromatic N) is 3. The molecule has 2 heterocycles. The number of likely N-dealkylation sites (tertiary alicyclic amines) is 2. The molecule has 2 bridgehead atoms. The Morgan fingerprint density at radius 2 is 1.70 bits per heavy atom. The van der Waals surface area contributed by atoms with Crippen LogP contribution in [0.2, 0.25) is 0 Å². The minimum Gasteiger partial charge on any atom is -0.357 e. The van der Waals surface area contributed by atoms with Crippen LogP contribution in [0.1, 0.15) is 46.5 Å². The highest BCUT2D eigenvalue weighted by molar-refractivity contribution is 6.06. The normalized spacial score (nSPS) is 31.6. The molecule has 0 aromatic carbocycles. The van der Waals surface area contributed by atoms with Crippen LogP contribution in [0.5, 0.6) is 0 Å². The lowest BCUT2D eigenvalue weighted by atomic mass is 9.85. The number of aliphatic imine (C=N–C) groups is 1. The molecule has 30 heavy (non-hydrogen) atoms. The number of hydrogen-bond donors (Lipinski definition) is 2. The fraction of sp³-hybridized carbons (Fsp3) is 0.783. The van der Waals surface area contributed by atoms with Gasteiger partial charge in [0.25, 0.3) is 0 Å². The van der Waals surface area contributed by atoms with E-state index in [9.17, 15) is 9.59 Å². The van der Waals surface area contributed by atoms with Crippen LogP contribution in [0.3, 0.4) is 0 Å². The monoisotopic (exact) mass is 415 g/mol. The molecule has 0 aromatic rings. The van der Waals surface area contributed by atoms with E-state index in [1.165, 1.54) is 24.2 Å². The van der Waals surface area contributed by atoms with E-state index in [2.05, 4.69) is 41.5 Å². The van der Waals surface area contributed by atoms with E-state index in [-0.39, 0.29) is 41.0 Å². The third kappa shape index (κ3) is 4.01. The molecule has 4 atom stereocenters. The first kappa shape index (κ1) is 21.3. The number of allylic oxidation sites excluding steroid dienone is 2. The zero-order chi connectivity index (χ0) is 21.3. The minimum atomic E-state index is -0.111. The number of piperidine rings is 1. The van der Waals surface area contributed by atoms with Crippen molar-refractivity contribution in [1.82, 2.24) is 20.4 Å². The van der Waals surface area contributed by atoms with Crippen LogP contribution in [0.4, 0.5) is 0 Å². The van der Waals surface area contributed by atoms with Gasteiger partial charge in [0.2, 0.25) is 11.8 Å². The van der Waals surface area contributed by atoms with Crippen molar-refractivity contribution in [3.05, 3.63) is 12.2 Å². The van der Waals surface area contributed by atoms with Gasteiger partial charge in [0.05, 0.1) is 18.4 Å². The molecule has 7 heteroatoms. The highest BCUT2D eigenvalue weighted by atomic mass is 16.2. The highest BCUT2D eigenvalue weighted by Crippen LogP contribution is 2.52. The molecule has 2 amide bonds. The molecule has 2 aliphatic carbocycles. The number of rotatable bonds is 7. The maximum atomic E-state index is 12.8. The number of carbonyl (C=O) groups excluding carboxylic acids is 2. The Labute approximate surface area is 180 Å². The Balaban J connectivity index is 1.30. The van der Waals surface area contributed by atoms with Gasteiger partial charge in [-0.2, -0.15) is 0 Å². The van der Waals surface area contributed by atoms with Crippen LogP contribution in [-0.2, 0) is 9.59 Å². The van der Waals surface area contributed by atoms with Crippen molar-refractivity contribution in [2.75, 3.05) is 39.3 Å². The summed E-state index contributed by atoms with van der Waals surface area (Å²) in [5.74, 6) is 1.12. The fourth-order valence-electron chi connectivity index (χ4n) is 5.68. The van der Waals surface area contributed by atoms with Gasteiger partial charge in [0.15, 0.2) is 5.96 Å². The largest absolute Gasteiger partial charge is 0.357 e. The van der Waals surface area contributed by atoms with E-state index in [0.717, 1.165) is 32.0 Å². The van der Waals surface area contributed by atoms with E-state index in [1.807, 2.05) is 6.92 Å². The Morgan fingerprint density at radius 3 is 2.30 bits per heavy atom. The van der Waals surface area contributed by atoms with E-state index in [0.29, 0.717) is 19.6 Å². The Hall–Kier alpha value is -1.89. The quantitative estimate of drug-likeness (QED) is 0.286. The topological polar surface area (TPSA) is 77.0 Å². The standard InChI is InChI=1S/C23H37N5O2/c1-4-24-22(26-15-23(2,3)27-11-6-5-7-12-27)25-10-13-28-20(29)18-16-8-9-17(14-16)19(18)21(28)30/h8-9,16-19H,4-7,10-15H2,1-3H3,(H2,24,25,26). The van der Waals surface area contributed by atoms with Crippen molar-refractivity contribution >= 4 is 17.8 Å². The van der Waals surface area contributed by atoms with Gasteiger partial charge in [-0.25, -0.2) is 0 Å². The van der Waals surface area contributed by atoms with E-state index >= 15 is 0 Å². The predicted molar refractivity (Wildman–Crippen MR) is 118 cm³/mol. The molecular weight excluding hydrogens is 378 g/mol. The molecule has 0 radical (unpaired) electrons. The summed E-state index contributed by atoms with van der Waals surface area (Å²) in [6.07, 6.45) is 9.11. The molecule has 4 rings (SSSR count). The third-order valence-electron chi connectivity index (χ3n) is 7.37. The van der Waals surface area contributed by atoms with Gasteiger partial charge in [-0.05, 0) is 65.0 Å². The minimum absolute atomic E-state index is 0.0212. The molecule has 2 N–H and O–H groups in total.